The zero-order valence-electron chi connectivity index (χ0n) is 23.1. The molecule has 0 bridgehead atoms. The number of benzene rings is 4. The first-order valence-electron chi connectivity index (χ1n) is 13.5. The average molecular weight is 563 g/mol. The molecule has 9 heteroatoms. The topological polar surface area (TPSA) is 111 Å². The molecule has 0 aliphatic carbocycles. The summed E-state index contributed by atoms with van der Waals surface area (Å²) in [6.45, 7) is 0.219. The minimum atomic E-state index is -0.647. The van der Waals surface area contributed by atoms with E-state index in [1.54, 1.807) is 72.8 Å². The van der Waals surface area contributed by atoms with Gasteiger partial charge < -0.3 is 15.4 Å². The number of methoxy groups -OCH3 is 1. The van der Waals surface area contributed by atoms with E-state index in [2.05, 4.69) is 10.6 Å². The quantitative estimate of drug-likeness (QED) is 0.270. The molecule has 212 valence electrons. The molecule has 2 N–H and O–H groups in total. The van der Waals surface area contributed by atoms with Gasteiger partial charge in [-0.15, -0.1) is 0 Å². The monoisotopic (exact) mass is 562 g/mol. The summed E-state index contributed by atoms with van der Waals surface area (Å²) in [5.41, 5.74) is 1.95. The summed E-state index contributed by atoms with van der Waals surface area (Å²) >= 11 is 0. The maximum atomic E-state index is 13.7. The number of nitrogens with one attached hydrogen (secondary N) is 2. The zero-order chi connectivity index (χ0) is 29.5. The second-order valence-electron chi connectivity index (χ2n) is 9.74. The van der Waals surface area contributed by atoms with Gasteiger partial charge in [-0.25, -0.2) is 9.36 Å². The van der Waals surface area contributed by atoms with Gasteiger partial charge in [0.15, 0.2) is 0 Å². The Bertz CT molecular complexity index is 1840. The predicted molar refractivity (Wildman–Crippen MR) is 162 cm³/mol. The molecule has 4 aromatic carbocycles. The molecule has 0 aliphatic rings. The molecule has 1 aromatic heterocycles. The number of amides is 2. The maximum absolute atomic E-state index is 13.7. The van der Waals surface area contributed by atoms with E-state index >= 15 is 0 Å². The van der Waals surface area contributed by atoms with E-state index in [1.165, 1.54) is 11.7 Å². The Labute approximate surface area is 242 Å². The molecule has 9 nitrogen and oxygen atoms in total. The summed E-state index contributed by atoms with van der Waals surface area (Å²) in [6, 6.07) is 30.2. The van der Waals surface area contributed by atoms with Crippen LogP contribution in [0, 0.1) is 0 Å². The summed E-state index contributed by atoms with van der Waals surface area (Å²) in [5, 5.41) is 6.00. The van der Waals surface area contributed by atoms with Crippen molar-refractivity contribution in [3.05, 3.63) is 135 Å². The largest absolute Gasteiger partial charge is 0.497 e. The van der Waals surface area contributed by atoms with Gasteiger partial charge in [0.2, 0.25) is 11.8 Å². The Morgan fingerprint density at radius 3 is 2.29 bits per heavy atom. The highest BCUT2D eigenvalue weighted by molar-refractivity contribution is 5.92. The molecule has 0 radical (unpaired) electrons. The van der Waals surface area contributed by atoms with Crippen LogP contribution in [-0.4, -0.2) is 34.6 Å². The van der Waals surface area contributed by atoms with Gasteiger partial charge in [0, 0.05) is 18.3 Å². The van der Waals surface area contributed by atoms with Crippen LogP contribution in [0.1, 0.15) is 11.1 Å². The van der Waals surface area contributed by atoms with Crippen molar-refractivity contribution in [1.29, 1.82) is 0 Å². The third-order valence-electron chi connectivity index (χ3n) is 6.84. The third-order valence-corrected chi connectivity index (χ3v) is 6.84. The van der Waals surface area contributed by atoms with Gasteiger partial charge >= 0.3 is 5.69 Å². The Balaban J connectivity index is 1.35. The first-order valence-corrected chi connectivity index (χ1v) is 13.5. The summed E-state index contributed by atoms with van der Waals surface area (Å²) in [5.74, 6) is 0.0253. The number of hydrogen-bond donors (Lipinski definition) is 2. The second-order valence-corrected chi connectivity index (χ2v) is 9.74. The molecule has 0 aliphatic heterocycles. The van der Waals surface area contributed by atoms with Crippen LogP contribution < -0.4 is 26.6 Å². The molecular formula is C33H30N4O5. The van der Waals surface area contributed by atoms with Crippen LogP contribution in [0.4, 0.5) is 5.69 Å². The van der Waals surface area contributed by atoms with Crippen molar-refractivity contribution in [2.45, 2.75) is 19.4 Å². The van der Waals surface area contributed by atoms with E-state index < -0.39 is 17.2 Å². The van der Waals surface area contributed by atoms with Gasteiger partial charge in [-0.1, -0.05) is 60.7 Å². The van der Waals surface area contributed by atoms with Gasteiger partial charge in [0.1, 0.15) is 12.3 Å². The third kappa shape index (κ3) is 6.47. The van der Waals surface area contributed by atoms with Crippen molar-refractivity contribution < 1.29 is 14.3 Å². The van der Waals surface area contributed by atoms with Crippen LogP contribution in [-0.2, 0) is 29.0 Å². The lowest BCUT2D eigenvalue weighted by molar-refractivity contribution is -0.120. The number of ether oxygens (including phenoxy) is 1. The fourth-order valence-corrected chi connectivity index (χ4v) is 4.75. The van der Waals surface area contributed by atoms with E-state index in [1.807, 2.05) is 30.3 Å². The van der Waals surface area contributed by atoms with Gasteiger partial charge in [0.25, 0.3) is 5.56 Å². The minimum absolute atomic E-state index is 0.119. The predicted octanol–water partition coefficient (Wildman–Crippen LogP) is 3.70. The molecular weight excluding hydrogens is 532 g/mol. The number of aromatic nitrogens is 2. The second kappa shape index (κ2) is 12.8. The van der Waals surface area contributed by atoms with Crippen molar-refractivity contribution >= 4 is 28.4 Å². The SMILES string of the molecule is COc1cccc(NC(=O)Cn2c(=O)n(-c3ccc(CC(=O)NCCc4ccccc4)cc3)c(=O)c3ccccc32)c1. The maximum Gasteiger partial charge on any atom is 0.336 e. The summed E-state index contributed by atoms with van der Waals surface area (Å²) in [7, 11) is 1.53. The Hall–Kier alpha value is -5.44. The van der Waals surface area contributed by atoms with Crippen molar-refractivity contribution in [3.8, 4) is 11.4 Å². The Morgan fingerprint density at radius 2 is 1.52 bits per heavy atom. The van der Waals surface area contributed by atoms with Crippen LogP contribution in [0.25, 0.3) is 16.6 Å². The van der Waals surface area contributed by atoms with E-state index in [9.17, 15) is 19.2 Å². The molecule has 0 saturated carbocycles. The lowest BCUT2D eigenvalue weighted by Crippen LogP contribution is -2.40. The number of hydrogen-bond acceptors (Lipinski definition) is 5. The van der Waals surface area contributed by atoms with Crippen LogP contribution in [0.2, 0.25) is 0 Å². The summed E-state index contributed by atoms with van der Waals surface area (Å²) in [6.07, 6.45) is 0.899. The number of anilines is 1. The molecule has 2 amide bonds. The van der Waals surface area contributed by atoms with Crippen LogP contribution in [0.5, 0.6) is 5.75 Å². The van der Waals surface area contributed by atoms with Crippen LogP contribution >= 0.6 is 0 Å². The van der Waals surface area contributed by atoms with Gasteiger partial charge in [0.05, 0.1) is 30.1 Å². The van der Waals surface area contributed by atoms with E-state index in [-0.39, 0.29) is 18.9 Å². The van der Waals surface area contributed by atoms with Crippen molar-refractivity contribution in [2.24, 2.45) is 0 Å². The number of carbonyl (C=O) groups is 2. The van der Waals surface area contributed by atoms with Gasteiger partial charge in [-0.3, -0.25) is 19.0 Å². The molecule has 0 fully saturated rings. The highest BCUT2D eigenvalue weighted by Crippen LogP contribution is 2.17. The van der Waals surface area contributed by atoms with Crippen molar-refractivity contribution in [3.63, 3.8) is 0 Å². The molecule has 0 atom stereocenters. The highest BCUT2D eigenvalue weighted by Gasteiger charge is 2.17. The molecule has 42 heavy (non-hydrogen) atoms. The molecule has 0 unspecified atom stereocenters. The fourth-order valence-electron chi connectivity index (χ4n) is 4.75. The first kappa shape index (κ1) is 28.1. The lowest BCUT2D eigenvalue weighted by atomic mass is 10.1. The molecule has 1 heterocycles. The number of para-hydroxylation sites is 1. The highest BCUT2D eigenvalue weighted by atomic mass is 16.5. The zero-order valence-corrected chi connectivity index (χ0v) is 23.1. The van der Waals surface area contributed by atoms with Crippen molar-refractivity contribution in [2.75, 3.05) is 19.0 Å². The Kier molecular flexibility index (Phi) is 8.58. The van der Waals surface area contributed by atoms with Crippen molar-refractivity contribution in [1.82, 2.24) is 14.5 Å². The van der Waals surface area contributed by atoms with E-state index in [0.717, 1.165) is 22.1 Å². The number of fused-ring (bicyclic) bond motifs is 1. The first-order chi connectivity index (χ1) is 20.4. The van der Waals surface area contributed by atoms with Gasteiger partial charge in [-0.05, 0) is 53.9 Å². The van der Waals surface area contributed by atoms with Gasteiger partial charge in [-0.2, -0.15) is 0 Å². The normalized spacial score (nSPS) is 10.8. The fraction of sp³-hybridized carbons (Fsp3) is 0.152. The van der Waals surface area contributed by atoms with Crippen LogP contribution in [0.3, 0.4) is 0 Å². The lowest BCUT2D eigenvalue weighted by Gasteiger charge is -2.15. The summed E-state index contributed by atoms with van der Waals surface area (Å²) in [4.78, 5) is 52.5. The molecule has 0 spiro atoms. The molecule has 0 saturated heterocycles. The molecule has 5 rings (SSSR count). The number of nitrogens with zero attached hydrogens (tertiary/aromatic N) is 2. The van der Waals surface area contributed by atoms with E-state index in [4.69, 9.17) is 4.74 Å². The van der Waals surface area contributed by atoms with Crippen LogP contribution in [0.15, 0.2) is 113 Å². The van der Waals surface area contributed by atoms with E-state index in [0.29, 0.717) is 34.6 Å². The Morgan fingerprint density at radius 1 is 0.786 bits per heavy atom. The standard InChI is InChI=1S/C33H30N4O5/c1-42-27-11-7-10-25(21-27)35-31(39)22-36-29-13-6-5-12-28(29)32(40)37(33(36)41)26-16-14-24(15-17-26)20-30(38)34-19-18-23-8-3-2-4-9-23/h2-17,21H,18-20,22H2,1H3,(H,34,38)(H,35,39). The number of rotatable bonds is 10. The summed E-state index contributed by atoms with van der Waals surface area (Å²) < 4.78 is 7.53. The average Bonchev–Trinajstić information content (AvgIpc) is 3.01. The molecule has 5 aromatic rings. The number of carbonyl (C=O) groups excluding carboxylic acids is 2. The smallest absolute Gasteiger partial charge is 0.336 e. The minimum Gasteiger partial charge on any atom is -0.497 e.